The highest BCUT2D eigenvalue weighted by molar-refractivity contribution is 5.80. The molecule has 0 heterocycles. The molecule has 0 aromatic heterocycles. The molecule has 3 heteroatoms. The fraction of sp³-hybridized carbons (Fsp3) is 0.417. The van der Waals surface area contributed by atoms with E-state index in [9.17, 15) is 4.79 Å². The average Bonchev–Trinajstić information content (AvgIpc) is 2.25. The molecule has 0 radical (unpaired) electrons. The summed E-state index contributed by atoms with van der Waals surface area (Å²) in [7, 11) is 1.57. The van der Waals surface area contributed by atoms with Crippen LogP contribution in [0.15, 0.2) is 18.2 Å². The molecule has 3 nitrogen and oxygen atoms in total. The summed E-state index contributed by atoms with van der Waals surface area (Å²) in [4.78, 5) is 10.8. The van der Waals surface area contributed by atoms with Crippen LogP contribution in [0, 0.1) is 5.92 Å². The van der Waals surface area contributed by atoms with Gasteiger partial charge in [0.15, 0.2) is 6.29 Å². The van der Waals surface area contributed by atoms with Gasteiger partial charge in [-0.15, -0.1) is 0 Å². The number of rotatable bonds is 5. The van der Waals surface area contributed by atoms with Crippen LogP contribution in [0.25, 0.3) is 0 Å². The number of methoxy groups -OCH3 is 1. The molecule has 0 atom stereocenters. The number of benzene rings is 1. The monoisotopic (exact) mass is 208 g/mol. The topological polar surface area (TPSA) is 35.5 Å². The summed E-state index contributed by atoms with van der Waals surface area (Å²) in [6.07, 6.45) is 0.776. The van der Waals surface area contributed by atoms with Gasteiger partial charge in [0.05, 0.1) is 19.3 Å². The molecule has 0 aliphatic rings. The van der Waals surface area contributed by atoms with Gasteiger partial charge in [-0.3, -0.25) is 4.79 Å². The largest absolute Gasteiger partial charge is 0.497 e. The van der Waals surface area contributed by atoms with E-state index < -0.39 is 0 Å². The van der Waals surface area contributed by atoms with Crippen molar-refractivity contribution in [3.8, 4) is 11.5 Å². The Hall–Kier alpha value is -1.51. The van der Waals surface area contributed by atoms with Gasteiger partial charge < -0.3 is 9.47 Å². The van der Waals surface area contributed by atoms with Crippen LogP contribution in [-0.2, 0) is 0 Å². The third kappa shape index (κ3) is 3.27. The van der Waals surface area contributed by atoms with Crippen LogP contribution in [-0.4, -0.2) is 20.0 Å². The zero-order valence-corrected chi connectivity index (χ0v) is 9.32. The number of aldehydes is 1. The number of ether oxygens (including phenoxy) is 2. The Morgan fingerprint density at radius 3 is 2.67 bits per heavy atom. The van der Waals surface area contributed by atoms with Crippen LogP contribution in [0.2, 0.25) is 0 Å². The first-order valence-electron chi connectivity index (χ1n) is 4.93. The fourth-order valence-electron chi connectivity index (χ4n) is 1.13. The van der Waals surface area contributed by atoms with Crippen LogP contribution >= 0.6 is 0 Å². The summed E-state index contributed by atoms with van der Waals surface area (Å²) in [5.41, 5.74) is 0.523. The maximum absolute atomic E-state index is 10.8. The van der Waals surface area contributed by atoms with Gasteiger partial charge in [-0.25, -0.2) is 0 Å². The number of hydrogen-bond donors (Lipinski definition) is 0. The lowest BCUT2D eigenvalue weighted by Gasteiger charge is -2.11. The molecular weight excluding hydrogens is 192 g/mol. The number of carbonyl (C=O) groups is 1. The zero-order valence-electron chi connectivity index (χ0n) is 9.32. The predicted molar refractivity (Wildman–Crippen MR) is 58.7 cm³/mol. The minimum Gasteiger partial charge on any atom is -0.497 e. The smallest absolute Gasteiger partial charge is 0.153 e. The minimum atomic E-state index is 0.437. The standard InChI is InChI=1S/C12H16O3/c1-9(2)8-15-12-5-4-11(14-3)6-10(12)7-13/h4-7,9H,8H2,1-3H3. The first-order valence-corrected chi connectivity index (χ1v) is 4.93. The minimum absolute atomic E-state index is 0.437. The Bertz CT molecular complexity index is 332. The van der Waals surface area contributed by atoms with E-state index in [-0.39, 0.29) is 0 Å². The van der Waals surface area contributed by atoms with Crippen molar-refractivity contribution < 1.29 is 14.3 Å². The van der Waals surface area contributed by atoms with Gasteiger partial charge in [-0.2, -0.15) is 0 Å². The van der Waals surface area contributed by atoms with E-state index in [1.54, 1.807) is 25.3 Å². The molecule has 0 spiro atoms. The zero-order chi connectivity index (χ0) is 11.3. The Labute approximate surface area is 90.0 Å². The van der Waals surface area contributed by atoms with Crippen molar-refractivity contribution in [2.24, 2.45) is 5.92 Å². The lowest BCUT2D eigenvalue weighted by Crippen LogP contribution is -2.06. The van der Waals surface area contributed by atoms with Crippen molar-refractivity contribution >= 4 is 6.29 Å². The highest BCUT2D eigenvalue weighted by Gasteiger charge is 2.05. The van der Waals surface area contributed by atoms with E-state index >= 15 is 0 Å². The molecule has 0 bridgehead atoms. The molecule has 0 aliphatic heterocycles. The highest BCUT2D eigenvalue weighted by Crippen LogP contribution is 2.22. The fourth-order valence-corrected chi connectivity index (χ4v) is 1.13. The van der Waals surface area contributed by atoms with E-state index in [1.165, 1.54) is 0 Å². The van der Waals surface area contributed by atoms with E-state index in [4.69, 9.17) is 9.47 Å². The van der Waals surface area contributed by atoms with Crippen molar-refractivity contribution in [2.75, 3.05) is 13.7 Å². The maximum Gasteiger partial charge on any atom is 0.153 e. The van der Waals surface area contributed by atoms with E-state index in [1.807, 2.05) is 0 Å². The molecule has 0 amide bonds. The van der Waals surface area contributed by atoms with Gasteiger partial charge in [0.25, 0.3) is 0 Å². The first kappa shape index (κ1) is 11.6. The van der Waals surface area contributed by atoms with Gasteiger partial charge in [-0.1, -0.05) is 13.8 Å². The maximum atomic E-state index is 10.8. The SMILES string of the molecule is COc1ccc(OCC(C)C)c(C=O)c1. The summed E-state index contributed by atoms with van der Waals surface area (Å²) in [5.74, 6) is 1.71. The van der Waals surface area contributed by atoms with Gasteiger partial charge >= 0.3 is 0 Å². The summed E-state index contributed by atoms with van der Waals surface area (Å²) in [6, 6.07) is 5.20. The summed E-state index contributed by atoms with van der Waals surface area (Å²) < 4.78 is 10.5. The van der Waals surface area contributed by atoms with Crippen LogP contribution < -0.4 is 9.47 Å². The lowest BCUT2D eigenvalue weighted by atomic mass is 10.2. The second-order valence-corrected chi connectivity index (χ2v) is 3.73. The molecule has 1 rings (SSSR count). The Morgan fingerprint density at radius 1 is 1.40 bits per heavy atom. The van der Waals surface area contributed by atoms with Crippen molar-refractivity contribution in [1.82, 2.24) is 0 Å². The van der Waals surface area contributed by atoms with Crippen molar-refractivity contribution in [1.29, 1.82) is 0 Å². The summed E-state index contributed by atoms with van der Waals surface area (Å²) in [5, 5.41) is 0. The first-order chi connectivity index (χ1) is 7.17. The molecule has 0 saturated heterocycles. The molecule has 0 saturated carbocycles. The number of carbonyl (C=O) groups excluding carboxylic acids is 1. The second-order valence-electron chi connectivity index (χ2n) is 3.73. The molecule has 82 valence electrons. The van der Waals surface area contributed by atoms with Gasteiger partial charge in [0.2, 0.25) is 0 Å². The molecule has 0 N–H and O–H groups in total. The van der Waals surface area contributed by atoms with Gasteiger partial charge in [0, 0.05) is 0 Å². The van der Waals surface area contributed by atoms with E-state index in [2.05, 4.69) is 13.8 Å². The van der Waals surface area contributed by atoms with E-state index in [0.717, 1.165) is 6.29 Å². The van der Waals surface area contributed by atoms with Crippen LogP contribution in [0.3, 0.4) is 0 Å². The second kappa shape index (κ2) is 5.39. The Morgan fingerprint density at radius 2 is 2.13 bits per heavy atom. The third-order valence-electron chi connectivity index (χ3n) is 1.92. The summed E-state index contributed by atoms with van der Waals surface area (Å²) in [6.45, 7) is 4.72. The molecular formula is C12H16O3. The van der Waals surface area contributed by atoms with Gasteiger partial charge in [-0.05, 0) is 24.1 Å². The third-order valence-corrected chi connectivity index (χ3v) is 1.92. The van der Waals surface area contributed by atoms with Crippen molar-refractivity contribution in [2.45, 2.75) is 13.8 Å². The van der Waals surface area contributed by atoms with Crippen LogP contribution in [0.1, 0.15) is 24.2 Å². The van der Waals surface area contributed by atoms with Crippen molar-refractivity contribution in [3.05, 3.63) is 23.8 Å². The Kier molecular flexibility index (Phi) is 4.16. The molecule has 0 fully saturated rings. The molecule has 1 aromatic carbocycles. The quantitative estimate of drug-likeness (QED) is 0.697. The van der Waals surface area contributed by atoms with E-state index in [0.29, 0.717) is 29.6 Å². The number of hydrogen-bond acceptors (Lipinski definition) is 3. The highest BCUT2D eigenvalue weighted by atomic mass is 16.5. The van der Waals surface area contributed by atoms with Crippen LogP contribution in [0.4, 0.5) is 0 Å². The van der Waals surface area contributed by atoms with Gasteiger partial charge in [0.1, 0.15) is 11.5 Å². The average molecular weight is 208 g/mol. The molecule has 1 aromatic rings. The summed E-state index contributed by atoms with van der Waals surface area (Å²) >= 11 is 0. The molecule has 0 unspecified atom stereocenters. The van der Waals surface area contributed by atoms with Crippen molar-refractivity contribution in [3.63, 3.8) is 0 Å². The lowest BCUT2D eigenvalue weighted by molar-refractivity contribution is 0.111. The predicted octanol–water partition coefficient (Wildman–Crippen LogP) is 2.54. The molecule has 0 aliphatic carbocycles. The van der Waals surface area contributed by atoms with Crippen LogP contribution in [0.5, 0.6) is 11.5 Å². The normalized spacial score (nSPS) is 10.1. The molecule has 15 heavy (non-hydrogen) atoms. The Balaban J connectivity index is 2.82.